The first-order chi connectivity index (χ1) is 8.10. The maximum atomic E-state index is 11.0. The Morgan fingerprint density at radius 3 is 1.44 bits per heavy atom. The zero-order valence-electron chi connectivity index (χ0n) is 9.31. The molecule has 110 valence electrons. The van der Waals surface area contributed by atoms with E-state index in [2.05, 4.69) is 9.05 Å². The molecule has 0 aliphatic rings. The molecular formula is C6H15O9PS2. The van der Waals surface area contributed by atoms with Gasteiger partial charge >= 0.3 is 8.25 Å². The highest BCUT2D eigenvalue weighted by Gasteiger charge is 2.07. The normalized spacial score (nSPS) is 13.1. The summed E-state index contributed by atoms with van der Waals surface area (Å²) < 4.78 is 78.2. The zero-order valence-corrected chi connectivity index (χ0v) is 11.9. The van der Waals surface area contributed by atoms with E-state index in [1.165, 1.54) is 0 Å². The lowest BCUT2D eigenvalue weighted by Crippen LogP contribution is -2.07. The summed E-state index contributed by atoms with van der Waals surface area (Å²) >= 11 is 0. The van der Waals surface area contributed by atoms with Crippen LogP contribution in [0.4, 0.5) is 0 Å². The topological polar surface area (TPSA) is 144 Å². The molecule has 0 saturated heterocycles. The molecule has 0 spiro atoms. The van der Waals surface area contributed by atoms with Gasteiger partial charge in [0.05, 0.1) is 24.7 Å². The molecule has 0 atom stereocenters. The fourth-order valence-corrected chi connectivity index (χ4v) is 2.51. The molecule has 12 heteroatoms. The Morgan fingerprint density at radius 1 is 0.833 bits per heavy atom. The van der Waals surface area contributed by atoms with Crippen molar-refractivity contribution in [2.24, 2.45) is 0 Å². The third-order valence-electron chi connectivity index (χ3n) is 1.53. The summed E-state index contributed by atoms with van der Waals surface area (Å²) in [6.07, 6.45) is -0.0762. The van der Waals surface area contributed by atoms with Gasteiger partial charge in [-0.2, -0.15) is 16.8 Å². The fraction of sp³-hybridized carbons (Fsp3) is 1.00. The molecule has 0 radical (unpaired) electrons. The largest absolute Gasteiger partial charge is 0.319 e. The van der Waals surface area contributed by atoms with Crippen LogP contribution in [0.5, 0.6) is 0 Å². The molecule has 2 N–H and O–H groups in total. The van der Waals surface area contributed by atoms with Crippen molar-refractivity contribution in [3.05, 3.63) is 0 Å². The molecule has 0 heterocycles. The molecule has 18 heavy (non-hydrogen) atoms. The Morgan fingerprint density at radius 2 is 1.17 bits per heavy atom. The van der Waals surface area contributed by atoms with Gasteiger partial charge < -0.3 is 9.05 Å². The maximum absolute atomic E-state index is 11.0. The predicted octanol–water partition coefficient (Wildman–Crippen LogP) is -0.0349. The van der Waals surface area contributed by atoms with Crippen molar-refractivity contribution in [2.75, 3.05) is 24.7 Å². The SMILES string of the molecule is O=[PH](OCCCS(=O)(=O)O)OCCCS(=O)(=O)O. The first kappa shape index (κ1) is 18.0. The van der Waals surface area contributed by atoms with Crippen LogP contribution in [0.15, 0.2) is 0 Å². The second-order valence-electron chi connectivity index (χ2n) is 3.23. The molecule has 0 fully saturated rings. The number of hydrogen-bond donors (Lipinski definition) is 2. The summed E-state index contributed by atoms with van der Waals surface area (Å²) in [7, 11) is -11.0. The van der Waals surface area contributed by atoms with Crippen molar-refractivity contribution >= 4 is 28.5 Å². The molecule has 0 aliphatic heterocycles. The third kappa shape index (κ3) is 14.0. The summed E-state index contributed by atoms with van der Waals surface area (Å²) in [6, 6.07) is 0. The molecule has 0 unspecified atom stereocenters. The van der Waals surface area contributed by atoms with Crippen molar-refractivity contribution in [3.8, 4) is 0 Å². The van der Waals surface area contributed by atoms with E-state index in [1.54, 1.807) is 0 Å². The van der Waals surface area contributed by atoms with Gasteiger partial charge in [-0.05, 0) is 12.8 Å². The Bertz CT molecular complexity index is 411. The first-order valence-corrected chi connectivity index (χ1v) is 9.24. The highest BCUT2D eigenvalue weighted by molar-refractivity contribution is 7.86. The average Bonchev–Trinajstić information content (AvgIpc) is 2.17. The van der Waals surface area contributed by atoms with Gasteiger partial charge in [-0.3, -0.25) is 13.7 Å². The van der Waals surface area contributed by atoms with Gasteiger partial charge in [0.15, 0.2) is 0 Å². The minimum Gasteiger partial charge on any atom is -0.311 e. The second kappa shape index (κ2) is 8.20. The number of hydrogen-bond acceptors (Lipinski definition) is 7. The van der Waals surface area contributed by atoms with E-state index < -0.39 is 40.0 Å². The van der Waals surface area contributed by atoms with Gasteiger partial charge in [0.25, 0.3) is 20.2 Å². The van der Waals surface area contributed by atoms with E-state index in [0.29, 0.717) is 0 Å². The van der Waals surface area contributed by atoms with Crippen LogP contribution in [-0.4, -0.2) is 50.7 Å². The molecule has 0 aliphatic carbocycles. The summed E-state index contributed by atoms with van der Waals surface area (Å²) in [6.45, 7) is -0.341. The highest BCUT2D eigenvalue weighted by Crippen LogP contribution is 2.23. The Kier molecular flexibility index (Phi) is 8.19. The molecule has 0 amide bonds. The standard InChI is InChI=1S/C6H15O9PS2/c7-16(14-3-1-5-17(8,9)10)15-4-2-6-18(11,12)13/h16H,1-6H2,(H,8,9,10)(H,11,12,13). The number of rotatable bonds is 10. The second-order valence-corrected chi connectivity index (χ2v) is 7.45. The molecule has 0 rings (SSSR count). The monoisotopic (exact) mass is 326 g/mol. The predicted molar refractivity (Wildman–Crippen MR) is 63.0 cm³/mol. The summed E-state index contributed by atoms with van der Waals surface area (Å²) in [4.78, 5) is 0. The van der Waals surface area contributed by atoms with Crippen LogP contribution >= 0.6 is 8.25 Å². The first-order valence-electron chi connectivity index (χ1n) is 4.80. The van der Waals surface area contributed by atoms with Crippen molar-refractivity contribution < 1.29 is 39.6 Å². The van der Waals surface area contributed by atoms with E-state index >= 15 is 0 Å². The van der Waals surface area contributed by atoms with Crippen LogP contribution in [0.25, 0.3) is 0 Å². The van der Waals surface area contributed by atoms with Crippen molar-refractivity contribution in [1.82, 2.24) is 0 Å². The smallest absolute Gasteiger partial charge is 0.311 e. The summed E-state index contributed by atoms with van der Waals surface area (Å²) in [5.41, 5.74) is 0. The van der Waals surface area contributed by atoms with E-state index in [-0.39, 0.29) is 26.1 Å². The molecule has 0 bridgehead atoms. The summed E-state index contributed by atoms with van der Waals surface area (Å²) in [5, 5.41) is 0. The van der Waals surface area contributed by atoms with E-state index in [4.69, 9.17) is 9.11 Å². The van der Waals surface area contributed by atoms with Crippen LogP contribution in [0, 0.1) is 0 Å². The molecule has 0 aromatic rings. The van der Waals surface area contributed by atoms with Crippen LogP contribution in [-0.2, 0) is 33.8 Å². The van der Waals surface area contributed by atoms with E-state index in [0.717, 1.165) is 0 Å². The zero-order chi connectivity index (χ0) is 14.2. The summed E-state index contributed by atoms with van der Waals surface area (Å²) in [5.74, 6) is -1.02. The van der Waals surface area contributed by atoms with Crippen molar-refractivity contribution in [3.63, 3.8) is 0 Å². The molecule has 0 aromatic heterocycles. The highest BCUT2D eigenvalue weighted by atomic mass is 32.2. The fourth-order valence-electron chi connectivity index (χ4n) is 0.835. The molecule has 0 saturated carbocycles. The Hall–Kier alpha value is -0.0300. The van der Waals surface area contributed by atoms with Crippen LogP contribution < -0.4 is 0 Å². The van der Waals surface area contributed by atoms with Crippen LogP contribution in [0.2, 0.25) is 0 Å². The Balaban J connectivity index is 3.55. The average molecular weight is 326 g/mol. The van der Waals surface area contributed by atoms with E-state index in [1.807, 2.05) is 0 Å². The molecule has 9 nitrogen and oxygen atoms in total. The van der Waals surface area contributed by atoms with Gasteiger partial charge in [0, 0.05) is 0 Å². The lowest BCUT2D eigenvalue weighted by molar-refractivity contribution is 0.226. The minimum absolute atomic E-state index is 0.0381. The minimum atomic E-state index is -4.07. The van der Waals surface area contributed by atoms with Crippen LogP contribution in [0.3, 0.4) is 0 Å². The lowest BCUT2D eigenvalue weighted by atomic mass is 10.5. The van der Waals surface area contributed by atoms with Gasteiger partial charge in [0.2, 0.25) is 0 Å². The maximum Gasteiger partial charge on any atom is 0.319 e. The van der Waals surface area contributed by atoms with Gasteiger partial charge in [-0.25, -0.2) is 0 Å². The lowest BCUT2D eigenvalue weighted by Gasteiger charge is -2.04. The van der Waals surface area contributed by atoms with E-state index in [9.17, 15) is 21.4 Å². The quantitative estimate of drug-likeness (QED) is 0.321. The molecule has 0 aromatic carbocycles. The van der Waals surface area contributed by atoms with Gasteiger partial charge in [-0.1, -0.05) is 0 Å². The Labute approximate surface area is 106 Å². The van der Waals surface area contributed by atoms with Crippen molar-refractivity contribution in [1.29, 1.82) is 0 Å². The molecular weight excluding hydrogens is 311 g/mol. The van der Waals surface area contributed by atoms with Crippen LogP contribution in [0.1, 0.15) is 12.8 Å². The van der Waals surface area contributed by atoms with Gasteiger partial charge in [-0.15, -0.1) is 0 Å². The third-order valence-corrected chi connectivity index (χ3v) is 4.02. The van der Waals surface area contributed by atoms with Crippen molar-refractivity contribution in [2.45, 2.75) is 12.8 Å². The van der Waals surface area contributed by atoms with Gasteiger partial charge in [0.1, 0.15) is 0 Å².